The van der Waals surface area contributed by atoms with Gasteiger partial charge in [0.05, 0.1) is 0 Å². The maximum absolute atomic E-state index is 6.21. The molecule has 0 fully saturated rings. The fraction of sp³-hybridized carbons (Fsp3) is 0.200. The number of aromatic nitrogens is 2. The van der Waals surface area contributed by atoms with Gasteiger partial charge in [0.2, 0.25) is 5.95 Å². The van der Waals surface area contributed by atoms with E-state index in [1.807, 2.05) is 48.3 Å². The molecule has 0 saturated carbocycles. The molecule has 134 valence electrons. The van der Waals surface area contributed by atoms with E-state index >= 15 is 0 Å². The molecule has 6 heteroatoms. The summed E-state index contributed by atoms with van der Waals surface area (Å²) in [4.78, 5) is 11.0. The molecule has 1 N–H and O–H groups in total. The number of nitrogens with one attached hydrogen (secondary N) is 1. The fourth-order valence-corrected chi connectivity index (χ4v) is 3.11. The summed E-state index contributed by atoms with van der Waals surface area (Å²) in [6.07, 6.45) is 2.55. The number of anilines is 2. The van der Waals surface area contributed by atoms with Crippen LogP contribution in [0.15, 0.2) is 60.8 Å². The molecule has 1 aromatic heterocycles. The largest absolute Gasteiger partial charge is 0.370 e. The second kappa shape index (κ2) is 8.88. The summed E-state index contributed by atoms with van der Waals surface area (Å²) >= 11 is 12.1. The Bertz CT molecular complexity index is 855. The van der Waals surface area contributed by atoms with Crippen LogP contribution in [0.4, 0.5) is 11.8 Å². The lowest BCUT2D eigenvalue weighted by atomic mass is 10.1. The van der Waals surface area contributed by atoms with Crippen LogP contribution in [-0.4, -0.2) is 23.6 Å². The molecular weight excluding hydrogens is 367 g/mol. The second-order valence-corrected chi connectivity index (χ2v) is 6.84. The topological polar surface area (TPSA) is 41.1 Å². The Morgan fingerprint density at radius 2 is 1.85 bits per heavy atom. The molecule has 4 nitrogen and oxygen atoms in total. The average molecular weight is 387 g/mol. The molecule has 0 aliphatic heterocycles. The van der Waals surface area contributed by atoms with E-state index in [2.05, 4.69) is 27.4 Å². The van der Waals surface area contributed by atoms with Crippen LogP contribution in [0.25, 0.3) is 0 Å². The minimum Gasteiger partial charge on any atom is -0.370 e. The molecule has 0 unspecified atom stereocenters. The molecular formula is C20H20Cl2N4. The van der Waals surface area contributed by atoms with Gasteiger partial charge in [-0.05, 0) is 35.7 Å². The lowest BCUT2D eigenvalue weighted by molar-refractivity contribution is 0.864. The monoisotopic (exact) mass is 386 g/mol. The number of rotatable bonds is 7. The maximum Gasteiger partial charge on any atom is 0.227 e. The van der Waals surface area contributed by atoms with Gasteiger partial charge in [-0.3, -0.25) is 0 Å². The first-order valence-electron chi connectivity index (χ1n) is 8.38. The van der Waals surface area contributed by atoms with Crippen molar-refractivity contribution < 1.29 is 0 Å². The van der Waals surface area contributed by atoms with Crippen LogP contribution in [0.1, 0.15) is 11.1 Å². The van der Waals surface area contributed by atoms with Gasteiger partial charge in [-0.1, -0.05) is 59.6 Å². The van der Waals surface area contributed by atoms with Crippen LogP contribution in [-0.2, 0) is 13.0 Å². The van der Waals surface area contributed by atoms with E-state index in [1.165, 1.54) is 5.56 Å². The Morgan fingerprint density at radius 3 is 2.62 bits per heavy atom. The van der Waals surface area contributed by atoms with Gasteiger partial charge in [0.1, 0.15) is 5.82 Å². The highest BCUT2D eigenvalue weighted by Gasteiger charge is 2.07. The first-order chi connectivity index (χ1) is 12.6. The van der Waals surface area contributed by atoms with Crippen molar-refractivity contribution in [1.29, 1.82) is 0 Å². The number of halogens is 2. The summed E-state index contributed by atoms with van der Waals surface area (Å²) in [7, 11) is 1.99. The van der Waals surface area contributed by atoms with Gasteiger partial charge in [0.15, 0.2) is 0 Å². The molecule has 3 aromatic rings. The van der Waals surface area contributed by atoms with E-state index in [1.54, 1.807) is 12.3 Å². The highest BCUT2D eigenvalue weighted by atomic mass is 35.5. The third kappa shape index (κ3) is 5.10. The molecule has 0 aliphatic rings. The maximum atomic E-state index is 6.21. The van der Waals surface area contributed by atoms with Crippen LogP contribution >= 0.6 is 23.2 Å². The molecule has 26 heavy (non-hydrogen) atoms. The summed E-state index contributed by atoms with van der Waals surface area (Å²) in [5, 5.41) is 4.66. The highest BCUT2D eigenvalue weighted by molar-refractivity contribution is 6.35. The van der Waals surface area contributed by atoms with Crippen LogP contribution in [0.2, 0.25) is 10.0 Å². The van der Waals surface area contributed by atoms with Crippen LogP contribution in [0, 0.1) is 0 Å². The van der Waals surface area contributed by atoms with Gasteiger partial charge in [-0.15, -0.1) is 0 Å². The van der Waals surface area contributed by atoms with Crippen molar-refractivity contribution in [1.82, 2.24) is 9.97 Å². The first-order valence-corrected chi connectivity index (χ1v) is 9.13. The zero-order valence-electron chi connectivity index (χ0n) is 14.5. The SMILES string of the molecule is CN(Cc1ccccc1)c1nccc(NCCc2ccc(Cl)cc2Cl)n1. The van der Waals surface area contributed by atoms with Gasteiger partial charge in [-0.25, -0.2) is 4.98 Å². The van der Waals surface area contributed by atoms with Crippen molar-refractivity contribution in [3.63, 3.8) is 0 Å². The van der Waals surface area contributed by atoms with Crippen molar-refractivity contribution in [3.8, 4) is 0 Å². The number of nitrogens with zero attached hydrogens (tertiary/aromatic N) is 3. The molecule has 1 heterocycles. The Labute approximate surface area is 163 Å². The Kier molecular flexibility index (Phi) is 6.31. The molecule has 0 saturated heterocycles. The van der Waals surface area contributed by atoms with Gasteiger partial charge >= 0.3 is 0 Å². The smallest absolute Gasteiger partial charge is 0.227 e. The van der Waals surface area contributed by atoms with Crippen molar-refractivity contribution >= 4 is 35.0 Å². The van der Waals surface area contributed by atoms with E-state index < -0.39 is 0 Å². The van der Waals surface area contributed by atoms with Crippen molar-refractivity contribution in [3.05, 3.63) is 82.0 Å². The van der Waals surface area contributed by atoms with Gasteiger partial charge in [-0.2, -0.15) is 4.98 Å². The summed E-state index contributed by atoms with van der Waals surface area (Å²) < 4.78 is 0. The fourth-order valence-electron chi connectivity index (χ4n) is 2.61. The predicted molar refractivity (Wildman–Crippen MR) is 109 cm³/mol. The van der Waals surface area contributed by atoms with E-state index in [0.717, 1.165) is 30.9 Å². The normalized spacial score (nSPS) is 10.6. The summed E-state index contributed by atoms with van der Waals surface area (Å²) in [6, 6.07) is 17.7. The number of benzene rings is 2. The number of hydrogen-bond donors (Lipinski definition) is 1. The lowest BCUT2D eigenvalue weighted by Gasteiger charge is -2.17. The van der Waals surface area contributed by atoms with Gasteiger partial charge < -0.3 is 10.2 Å². The Morgan fingerprint density at radius 1 is 1.04 bits per heavy atom. The van der Waals surface area contributed by atoms with Crippen LogP contribution in [0.5, 0.6) is 0 Å². The van der Waals surface area contributed by atoms with E-state index in [-0.39, 0.29) is 0 Å². The van der Waals surface area contributed by atoms with Crippen molar-refractivity contribution in [2.75, 3.05) is 23.8 Å². The third-order valence-corrected chi connectivity index (χ3v) is 4.55. The van der Waals surface area contributed by atoms with Gasteiger partial charge in [0, 0.05) is 36.4 Å². The molecule has 0 bridgehead atoms. The molecule has 0 amide bonds. The summed E-state index contributed by atoms with van der Waals surface area (Å²) in [5.74, 6) is 1.48. The molecule has 0 spiro atoms. The molecule has 0 radical (unpaired) electrons. The van der Waals surface area contributed by atoms with Crippen LogP contribution < -0.4 is 10.2 Å². The Balaban J connectivity index is 1.58. The first kappa shape index (κ1) is 18.5. The third-order valence-electron chi connectivity index (χ3n) is 3.96. The highest BCUT2D eigenvalue weighted by Crippen LogP contribution is 2.21. The molecule has 0 aliphatic carbocycles. The molecule has 3 rings (SSSR count). The van der Waals surface area contributed by atoms with Gasteiger partial charge in [0.25, 0.3) is 0 Å². The number of hydrogen-bond acceptors (Lipinski definition) is 4. The minimum atomic E-state index is 0.647. The quantitative estimate of drug-likeness (QED) is 0.614. The predicted octanol–water partition coefficient (Wildman–Crippen LogP) is 5.07. The Hall–Kier alpha value is -2.30. The summed E-state index contributed by atoms with van der Waals surface area (Å²) in [6.45, 7) is 1.48. The minimum absolute atomic E-state index is 0.647. The molecule has 2 aromatic carbocycles. The summed E-state index contributed by atoms with van der Waals surface area (Å²) in [5.41, 5.74) is 2.27. The van der Waals surface area contributed by atoms with Crippen LogP contribution in [0.3, 0.4) is 0 Å². The zero-order chi connectivity index (χ0) is 18.4. The van der Waals surface area contributed by atoms with E-state index in [4.69, 9.17) is 23.2 Å². The zero-order valence-corrected chi connectivity index (χ0v) is 16.0. The lowest BCUT2D eigenvalue weighted by Crippen LogP contribution is -2.19. The van der Waals surface area contributed by atoms with Crippen molar-refractivity contribution in [2.45, 2.75) is 13.0 Å². The molecule has 0 atom stereocenters. The standard InChI is InChI=1S/C20H20Cl2N4/c1-26(14-15-5-3-2-4-6-15)20-24-12-10-19(25-20)23-11-9-16-7-8-17(21)13-18(16)22/h2-8,10,12-13H,9,11,14H2,1H3,(H,23,24,25). The van der Waals surface area contributed by atoms with Crippen molar-refractivity contribution in [2.24, 2.45) is 0 Å². The van der Waals surface area contributed by atoms with E-state index in [0.29, 0.717) is 16.0 Å². The second-order valence-electron chi connectivity index (χ2n) is 6.00. The van der Waals surface area contributed by atoms with E-state index in [9.17, 15) is 0 Å². The average Bonchev–Trinajstić information content (AvgIpc) is 2.64.